The third-order valence-electron chi connectivity index (χ3n) is 3.93. The van der Waals surface area contributed by atoms with Gasteiger partial charge in [0, 0.05) is 6.42 Å². The number of primary amides is 1. The second kappa shape index (κ2) is 7.78. The van der Waals surface area contributed by atoms with E-state index >= 15 is 0 Å². The number of carbonyl (C=O) groups is 3. The number of hydrogen-bond donors (Lipinski definition) is 2. The summed E-state index contributed by atoms with van der Waals surface area (Å²) in [7, 11) is 1.26. The Morgan fingerprint density at radius 1 is 1.28 bits per heavy atom. The molecule has 0 aliphatic carbocycles. The van der Waals surface area contributed by atoms with Crippen LogP contribution in [0, 0.1) is 5.92 Å². The highest BCUT2D eigenvalue weighted by atomic mass is 16.5. The summed E-state index contributed by atoms with van der Waals surface area (Å²) < 4.78 is 4.71. The smallest absolute Gasteiger partial charge is 0.328 e. The van der Waals surface area contributed by atoms with Crippen molar-refractivity contribution in [3.63, 3.8) is 0 Å². The molecular formula is C17H22N4O4. The first-order valence-electron chi connectivity index (χ1n) is 7.95. The minimum absolute atomic E-state index is 0.0715. The van der Waals surface area contributed by atoms with Crippen molar-refractivity contribution in [1.29, 1.82) is 0 Å². The number of anilines is 1. The van der Waals surface area contributed by atoms with Gasteiger partial charge in [-0.2, -0.15) is 5.10 Å². The van der Waals surface area contributed by atoms with Gasteiger partial charge in [-0.15, -0.1) is 0 Å². The van der Waals surface area contributed by atoms with Crippen molar-refractivity contribution in [2.45, 2.75) is 32.4 Å². The zero-order chi connectivity index (χ0) is 18.6. The summed E-state index contributed by atoms with van der Waals surface area (Å²) in [6.45, 7) is 3.58. The van der Waals surface area contributed by atoms with Gasteiger partial charge in [0.2, 0.25) is 5.91 Å². The van der Waals surface area contributed by atoms with E-state index in [-0.39, 0.29) is 18.1 Å². The predicted molar refractivity (Wildman–Crippen MR) is 92.7 cm³/mol. The molecule has 1 aliphatic rings. The molecule has 0 saturated heterocycles. The molecule has 2 atom stereocenters. The van der Waals surface area contributed by atoms with Crippen LogP contribution in [-0.2, 0) is 19.1 Å². The normalized spacial score (nSPS) is 17.8. The number of rotatable bonds is 6. The molecule has 25 heavy (non-hydrogen) atoms. The molecule has 1 aromatic rings. The monoisotopic (exact) mass is 346 g/mol. The van der Waals surface area contributed by atoms with E-state index in [0.29, 0.717) is 5.69 Å². The summed E-state index contributed by atoms with van der Waals surface area (Å²) in [6, 6.07) is 7.42. The quantitative estimate of drug-likeness (QED) is 0.725. The van der Waals surface area contributed by atoms with Gasteiger partial charge in [0.05, 0.1) is 12.8 Å². The summed E-state index contributed by atoms with van der Waals surface area (Å²) >= 11 is 0. The van der Waals surface area contributed by atoms with E-state index in [4.69, 9.17) is 10.5 Å². The van der Waals surface area contributed by atoms with Crippen molar-refractivity contribution in [1.82, 2.24) is 5.32 Å². The Morgan fingerprint density at radius 2 is 1.92 bits per heavy atom. The first-order chi connectivity index (χ1) is 11.8. The molecule has 8 nitrogen and oxygen atoms in total. The molecule has 134 valence electrons. The van der Waals surface area contributed by atoms with Gasteiger partial charge >= 0.3 is 5.97 Å². The van der Waals surface area contributed by atoms with Gasteiger partial charge in [0.15, 0.2) is 0 Å². The van der Waals surface area contributed by atoms with Gasteiger partial charge < -0.3 is 15.8 Å². The van der Waals surface area contributed by atoms with Crippen LogP contribution in [-0.4, -0.2) is 42.7 Å². The van der Waals surface area contributed by atoms with Crippen molar-refractivity contribution >= 4 is 29.2 Å². The largest absolute Gasteiger partial charge is 0.467 e. The van der Waals surface area contributed by atoms with Gasteiger partial charge in [-0.05, 0) is 18.1 Å². The van der Waals surface area contributed by atoms with Crippen LogP contribution >= 0.6 is 0 Å². The minimum atomic E-state index is -0.794. The number of hydrogen-bond acceptors (Lipinski definition) is 6. The maximum absolute atomic E-state index is 12.5. The number of ether oxygens (including phenoxy) is 1. The Labute approximate surface area is 146 Å². The summed E-state index contributed by atoms with van der Waals surface area (Å²) in [5.74, 6) is -1.79. The van der Waals surface area contributed by atoms with Crippen molar-refractivity contribution in [3.05, 3.63) is 30.3 Å². The van der Waals surface area contributed by atoms with E-state index in [9.17, 15) is 14.4 Å². The molecule has 0 saturated carbocycles. The highest BCUT2D eigenvalue weighted by Gasteiger charge is 2.36. The van der Waals surface area contributed by atoms with Crippen molar-refractivity contribution < 1.29 is 19.1 Å². The van der Waals surface area contributed by atoms with Gasteiger partial charge in [0.1, 0.15) is 17.8 Å². The highest BCUT2D eigenvalue weighted by Crippen LogP contribution is 2.24. The molecule has 8 heteroatoms. The molecule has 0 unspecified atom stereocenters. The molecule has 0 bridgehead atoms. The second-order valence-corrected chi connectivity index (χ2v) is 6.07. The van der Waals surface area contributed by atoms with Gasteiger partial charge in [0.25, 0.3) is 5.91 Å². The molecule has 1 aromatic carbocycles. The van der Waals surface area contributed by atoms with Gasteiger partial charge in [-0.3, -0.25) is 14.6 Å². The molecule has 0 radical (unpaired) electrons. The molecule has 3 N–H and O–H groups in total. The molecule has 1 heterocycles. The lowest BCUT2D eigenvalue weighted by Gasteiger charge is -2.20. The lowest BCUT2D eigenvalue weighted by atomic mass is 10.0. The van der Waals surface area contributed by atoms with E-state index < -0.39 is 29.9 Å². The number of para-hydroxylation sites is 1. The molecule has 2 rings (SSSR count). The summed E-state index contributed by atoms with van der Waals surface area (Å²) in [5, 5.41) is 8.29. The standard InChI is InChI=1S/C17H22N4O4/c1-10(2)14(17(24)25-3)19-16(23)12-9-13(15(18)22)21(20-12)11-7-5-4-6-8-11/h4-8,10,13-14H,9H2,1-3H3,(H2,18,22)(H,19,23)/t13-,14-/m1/s1. The summed E-state index contributed by atoms with van der Waals surface area (Å²) in [4.78, 5) is 36.0. The summed E-state index contributed by atoms with van der Waals surface area (Å²) in [5.41, 5.74) is 6.24. The average molecular weight is 346 g/mol. The van der Waals surface area contributed by atoms with Gasteiger partial charge in [-0.25, -0.2) is 4.79 Å². The second-order valence-electron chi connectivity index (χ2n) is 6.07. The number of benzene rings is 1. The highest BCUT2D eigenvalue weighted by molar-refractivity contribution is 6.40. The summed E-state index contributed by atoms with van der Waals surface area (Å²) in [6.07, 6.45) is 0.0715. The lowest BCUT2D eigenvalue weighted by molar-refractivity contribution is -0.145. The fraction of sp³-hybridized carbons (Fsp3) is 0.412. The van der Waals surface area contributed by atoms with E-state index in [1.807, 2.05) is 6.07 Å². The first-order valence-corrected chi connectivity index (χ1v) is 7.95. The Morgan fingerprint density at radius 3 is 2.44 bits per heavy atom. The first kappa shape index (κ1) is 18.4. The zero-order valence-corrected chi connectivity index (χ0v) is 14.4. The molecule has 0 spiro atoms. The predicted octanol–water partition coefficient (Wildman–Crippen LogP) is 0.420. The van der Waals surface area contributed by atoms with Crippen LogP contribution < -0.4 is 16.1 Å². The third-order valence-corrected chi connectivity index (χ3v) is 3.93. The number of carbonyl (C=O) groups excluding carboxylic acids is 3. The molecule has 0 fully saturated rings. The van der Waals surface area contributed by atoms with Crippen LogP contribution in [0.3, 0.4) is 0 Å². The van der Waals surface area contributed by atoms with E-state index in [0.717, 1.165) is 0 Å². The fourth-order valence-electron chi connectivity index (χ4n) is 2.54. The number of nitrogens with one attached hydrogen (secondary N) is 1. The maximum atomic E-state index is 12.5. The minimum Gasteiger partial charge on any atom is -0.467 e. The number of hydrazone groups is 1. The third kappa shape index (κ3) is 4.14. The Hall–Kier alpha value is -2.90. The Balaban J connectivity index is 2.22. The number of esters is 1. The SMILES string of the molecule is COC(=O)[C@H](NC(=O)C1=NN(c2ccccc2)[C@@H](C(N)=O)C1)C(C)C. The number of methoxy groups -OCH3 is 1. The van der Waals surface area contributed by atoms with E-state index in [2.05, 4.69) is 10.4 Å². The number of amides is 2. The molecule has 0 aromatic heterocycles. The van der Waals surface area contributed by atoms with Crippen molar-refractivity contribution in [2.75, 3.05) is 12.1 Å². The van der Waals surface area contributed by atoms with Crippen LogP contribution in [0.15, 0.2) is 35.4 Å². The van der Waals surface area contributed by atoms with E-state index in [1.165, 1.54) is 12.1 Å². The topological polar surface area (TPSA) is 114 Å². The Bertz CT molecular complexity index is 687. The molecular weight excluding hydrogens is 324 g/mol. The zero-order valence-electron chi connectivity index (χ0n) is 14.4. The maximum Gasteiger partial charge on any atom is 0.328 e. The number of nitrogens with zero attached hydrogens (tertiary/aromatic N) is 2. The van der Waals surface area contributed by atoms with Gasteiger partial charge in [-0.1, -0.05) is 32.0 Å². The fourth-order valence-corrected chi connectivity index (χ4v) is 2.54. The van der Waals surface area contributed by atoms with Crippen LogP contribution in [0.2, 0.25) is 0 Å². The van der Waals surface area contributed by atoms with Crippen LogP contribution in [0.25, 0.3) is 0 Å². The average Bonchev–Trinajstić information content (AvgIpc) is 3.05. The lowest BCUT2D eigenvalue weighted by Crippen LogP contribution is -2.47. The van der Waals surface area contributed by atoms with Crippen LogP contribution in [0.1, 0.15) is 20.3 Å². The molecule has 2 amide bonds. The molecule has 1 aliphatic heterocycles. The van der Waals surface area contributed by atoms with Crippen LogP contribution in [0.4, 0.5) is 5.69 Å². The van der Waals surface area contributed by atoms with Crippen molar-refractivity contribution in [2.24, 2.45) is 16.8 Å². The van der Waals surface area contributed by atoms with Crippen molar-refractivity contribution in [3.8, 4) is 0 Å². The number of nitrogens with two attached hydrogens (primary N) is 1. The Kier molecular flexibility index (Phi) is 5.74. The van der Waals surface area contributed by atoms with E-state index in [1.54, 1.807) is 38.1 Å². The van der Waals surface area contributed by atoms with Crippen LogP contribution in [0.5, 0.6) is 0 Å².